The van der Waals surface area contributed by atoms with Crippen molar-refractivity contribution < 1.29 is 37.4 Å². The summed E-state index contributed by atoms with van der Waals surface area (Å²) in [6.07, 6.45) is 0. The first-order valence-corrected chi connectivity index (χ1v) is 0.816. The standard InChI is InChI=1S/C2H6O.2O.Ti/c1-3-2;;;/h1-2H3;;;/q;2*-2;+4. The van der Waals surface area contributed by atoms with Crippen LogP contribution in [0.3, 0.4) is 0 Å². The summed E-state index contributed by atoms with van der Waals surface area (Å²) in [5, 5.41) is 0. The molecule has 0 atom stereocenters. The van der Waals surface area contributed by atoms with Gasteiger partial charge in [0.05, 0.1) is 0 Å². The van der Waals surface area contributed by atoms with Gasteiger partial charge in [-0.3, -0.25) is 0 Å². The maximum atomic E-state index is 4.25. The van der Waals surface area contributed by atoms with Gasteiger partial charge in [0.15, 0.2) is 0 Å². The van der Waals surface area contributed by atoms with Gasteiger partial charge < -0.3 is 15.7 Å². The molecule has 0 saturated heterocycles. The van der Waals surface area contributed by atoms with E-state index >= 15 is 0 Å². The van der Waals surface area contributed by atoms with Crippen molar-refractivity contribution in [1.82, 2.24) is 0 Å². The zero-order valence-corrected chi connectivity index (χ0v) is 5.29. The average molecular weight is 126 g/mol. The monoisotopic (exact) mass is 126 g/mol. The van der Waals surface area contributed by atoms with E-state index in [1.807, 2.05) is 0 Å². The van der Waals surface area contributed by atoms with Crippen molar-refractivity contribution >= 4 is 0 Å². The van der Waals surface area contributed by atoms with Crippen LogP contribution in [0.4, 0.5) is 0 Å². The molecule has 6 heavy (non-hydrogen) atoms. The van der Waals surface area contributed by atoms with Crippen LogP contribution in [-0.2, 0) is 37.4 Å². The number of ether oxygens (including phenoxy) is 1. The van der Waals surface area contributed by atoms with Gasteiger partial charge in [-0.2, -0.15) is 0 Å². The van der Waals surface area contributed by atoms with Crippen LogP contribution in [0.15, 0.2) is 0 Å². The Morgan fingerprint density at radius 2 is 1.00 bits per heavy atom. The van der Waals surface area contributed by atoms with Gasteiger partial charge in [0.25, 0.3) is 0 Å². The fraction of sp³-hybridized carbons (Fsp3) is 1.00. The summed E-state index contributed by atoms with van der Waals surface area (Å²) in [5.41, 5.74) is 0. The summed E-state index contributed by atoms with van der Waals surface area (Å²) in [6, 6.07) is 0. The zero-order valence-electron chi connectivity index (χ0n) is 3.72. The zero-order chi connectivity index (χ0) is 2.71. The van der Waals surface area contributed by atoms with Crippen LogP contribution >= 0.6 is 0 Å². The van der Waals surface area contributed by atoms with Crippen LogP contribution in [0.5, 0.6) is 0 Å². The van der Waals surface area contributed by atoms with Crippen LogP contribution in [-0.4, -0.2) is 14.2 Å². The van der Waals surface area contributed by atoms with Gasteiger partial charge in [-0.25, -0.2) is 0 Å². The summed E-state index contributed by atoms with van der Waals surface area (Å²) in [4.78, 5) is 0. The van der Waals surface area contributed by atoms with Crippen molar-refractivity contribution in [3.63, 3.8) is 0 Å². The number of hydrogen-bond donors (Lipinski definition) is 0. The van der Waals surface area contributed by atoms with Crippen molar-refractivity contribution in [3.8, 4) is 0 Å². The first kappa shape index (κ1) is 30.7. The Kier molecular flexibility index (Phi) is 237. The van der Waals surface area contributed by atoms with E-state index in [1.165, 1.54) is 0 Å². The Bertz CT molecular complexity index is 8.75. The number of hydrogen-bond acceptors (Lipinski definition) is 1. The minimum absolute atomic E-state index is 0. The second-order valence-electron chi connectivity index (χ2n) is 0.408. The third kappa shape index (κ3) is 168. The van der Waals surface area contributed by atoms with Gasteiger partial charge >= 0.3 is 21.7 Å². The quantitative estimate of drug-likeness (QED) is 0.422. The molecule has 0 rings (SSSR count). The Balaban J connectivity index is -0.00000000667. The van der Waals surface area contributed by atoms with Gasteiger partial charge in [-0.1, -0.05) is 0 Å². The molecule has 0 heterocycles. The molecular weight excluding hydrogens is 120 g/mol. The SMILES string of the molecule is COC.[O-2].[O-2].[Ti+4]. The molecule has 0 unspecified atom stereocenters. The predicted octanol–water partition coefficient (Wildman–Crippen LogP) is 0.0225. The van der Waals surface area contributed by atoms with Crippen LogP contribution in [0.2, 0.25) is 0 Å². The molecule has 0 bridgehead atoms. The van der Waals surface area contributed by atoms with Crippen LogP contribution in [0.25, 0.3) is 0 Å². The molecule has 36 valence electrons. The van der Waals surface area contributed by atoms with Crippen molar-refractivity contribution in [2.75, 3.05) is 14.2 Å². The van der Waals surface area contributed by atoms with Crippen molar-refractivity contribution in [2.24, 2.45) is 0 Å². The summed E-state index contributed by atoms with van der Waals surface area (Å²) in [5.74, 6) is 0. The van der Waals surface area contributed by atoms with E-state index in [0.717, 1.165) is 0 Å². The summed E-state index contributed by atoms with van der Waals surface area (Å²) < 4.78 is 4.25. The second-order valence-corrected chi connectivity index (χ2v) is 0.408. The predicted molar refractivity (Wildman–Crippen MR) is 14.3 cm³/mol. The number of methoxy groups -OCH3 is 1. The maximum absolute atomic E-state index is 4.25. The second kappa shape index (κ2) is 46.5. The van der Waals surface area contributed by atoms with Crippen LogP contribution in [0.1, 0.15) is 0 Å². The molecule has 0 radical (unpaired) electrons. The Labute approximate surface area is 52.2 Å². The van der Waals surface area contributed by atoms with Crippen LogP contribution in [0, 0.1) is 0 Å². The first-order chi connectivity index (χ1) is 1.41. The molecule has 0 spiro atoms. The summed E-state index contributed by atoms with van der Waals surface area (Å²) in [6.45, 7) is 0. The normalized spacial score (nSPS) is 3.00. The Morgan fingerprint density at radius 1 is 1.00 bits per heavy atom. The molecule has 0 aliphatic carbocycles. The smallest absolute Gasteiger partial charge is 2.00 e. The Hall–Kier alpha value is 0.594. The number of rotatable bonds is 0. The fourth-order valence-corrected chi connectivity index (χ4v) is 0. The van der Waals surface area contributed by atoms with E-state index in [-0.39, 0.29) is 32.7 Å². The topological polar surface area (TPSA) is 66.2 Å². The van der Waals surface area contributed by atoms with E-state index in [0.29, 0.717) is 0 Å². The molecule has 0 fully saturated rings. The van der Waals surface area contributed by atoms with E-state index in [9.17, 15) is 0 Å². The molecule has 0 aromatic carbocycles. The van der Waals surface area contributed by atoms with Gasteiger partial charge in [-0.05, 0) is 0 Å². The molecular formula is C2H6O3Ti. The first-order valence-electron chi connectivity index (χ1n) is 0.816. The Morgan fingerprint density at radius 3 is 1.00 bits per heavy atom. The average Bonchev–Trinajstić information content (AvgIpc) is 0.918. The summed E-state index contributed by atoms with van der Waals surface area (Å²) >= 11 is 0. The minimum atomic E-state index is 0. The molecule has 0 aliphatic rings. The van der Waals surface area contributed by atoms with Crippen molar-refractivity contribution in [1.29, 1.82) is 0 Å². The van der Waals surface area contributed by atoms with Crippen molar-refractivity contribution in [3.05, 3.63) is 0 Å². The van der Waals surface area contributed by atoms with Gasteiger partial charge in [0, 0.05) is 14.2 Å². The van der Waals surface area contributed by atoms with Gasteiger partial charge in [0.1, 0.15) is 0 Å². The minimum Gasteiger partial charge on any atom is -2.00 e. The third-order valence-corrected chi connectivity index (χ3v) is 0. The van der Waals surface area contributed by atoms with Gasteiger partial charge in [0.2, 0.25) is 0 Å². The molecule has 0 aliphatic heterocycles. The van der Waals surface area contributed by atoms with Crippen molar-refractivity contribution in [2.45, 2.75) is 0 Å². The molecule has 0 saturated carbocycles. The van der Waals surface area contributed by atoms with E-state index < -0.39 is 0 Å². The van der Waals surface area contributed by atoms with E-state index in [1.54, 1.807) is 14.2 Å². The van der Waals surface area contributed by atoms with E-state index in [2.05, 4.69) is 4.74 Å². The molecule has 4 heteroatoms. The molecule has 0 N–H and O–H groups in total. The molecule has 0 aromatic heterocycles. The van der Waals surface area contributed by atoms with E-state index in [4.69, 9.17) is 0 Å². The molecule has 0 amide bonds. The molecule has 3 nitrogen and oxygen atoms in total. The van der Waals surface area contributed by atoms with Gasteiger partial charge in [-0.15, -0.1) is 0 Å². The maximum Gasteiger partial charge on any atom is 4.00 e. The molecule has 0 aromatic rings. The largest absolute Gasteiger partial charge is 4.00 e. The fourth-order valence-electron chi connectivity index (χ4n) is 0. The van der Waals surface area contributed by atoms with Crippen LogP contribution < -0.4 is 0 Å². The third-order valence-electron chi connectivity index (χ3n) is 0. The summed E-state index contributed by atoms with van der Waals surface area (Å²) in [7, 11) is 3.25.